The summed E-state index contributed by atoms with van der Waals surface area (Å²) in [4.78, 5) is 15.7. The number of primary amides is 1. The molecule has 5 heteroatoms. The Labute approximate surface area is 120 Å². The number of aryl methyl sites for hydroxylation is 1. The molecule has 0 saturated heterocycles. The average molecular weight is 320 g/mol. The highest BCUT2D eigenvalue weighted by Gasteiger charge is 2.17. The highest BCUT2D eigenvalue weighted by Crippen LogP contribution is 2.21. The lowest BCUT2D eigenvalue weighted by Crippen LogP contribution is -2.27. The number of nitrogens with one attached hydrogen (secondary N) is 1. The molecule has 1 heterocycles. The van der Waals surface area contributed by atoms with Crippen molar-refractivity contribution in [2.45, 2.75) is 13.0 Å². The van der Waals surface area contributed by atoms with Crippen LogP contribution in [0.1, 0.15) is 17.2 Å². The minimum atomic E-state index is -0.573. The third kappa shape index (κ3) is 3.54. The first kappa shape index (κ1) is 13.5. The molecule has 0 radical (unpaired) electrons. The van der Waals surface area contributed by atoms with Crippen molar-refractivity contribution < 1.29 is 4.79 Å². The summed E-state index contributed by atoms with van der Waals surface area (Å²) in [6.07, 6.45) is 3.33. The maximum absolute atomic E-state index is 11.6. The SMILES string of the molecule is Cc1cccc([C@@H](Nc2cncc(Br)c2)C(N)=O)c1. The second-order valence-corrected chi connectivity index (χ2v) is 5.20. The minimum Gasteiger partial charge on any atom is -0.369 e. The van der Waals surface area contributed by atoms with E-state index in [9.17, 15) is 4.79 Å². The lowest BCUT2D eigenvalue weighted by atomic mass is 10.0. The maximum Gasteiger partial charge on any atom is 0.244 e. The lowest BCUT2D eigenvalue weighted by molar-refractivity contribution is -0.118. The van der Waals surface area contributed by atoms with E-state index in [0.29, 0.717) is 0 Å². The van der Waals surface area contributed by atoms with E-state index in [2.05, 4.69) is 26.2 Å². The van der Waals surface area contributed by atoms with Crippen LogP contribution in [0.3, 0.4) is 0 Å². The van der Waals surface area contributed by atoms with Gasteiger partial charge in [-0.15, -0.1) is 0 Å². The Hall–Kier alpha value is -1.88. The summed E-state index contributed by atoms with van der Waals surface area (Å²) in [5, 5.41) is 3.10. The van der Waals surface area contributed by atoms with Gasteiger partial charge in [0.1, 0.15) is 6.04 Å². The van der Waals surface area contributed by atoms with Crippen LogP contribution >= 0.6 is 15.9 Å². The van der Waals surface area contributed by atoms with Crippen molar-refractivity contribution in [3.8, 4) is 0 Å². The molecule has 0 spiro atoms. The molecule has 1 aromatic carbocycles. The van der Waals surface area contributed by atoms with E-state index in [-0.39, 0.29) is 0 Å². The van der Waals surface area contributed by atoms with Gasteiger partial charge in [-0.1, -0.05) is 29.8 Å². The molecule has 3 N–H and O–H groups in total. The van der Waals surface area contributed by atoms with E-state index in [1.165, 1.54) is 0 Å². The van der Waals surface area contributed by atoms with Gasteiger partial charge >= 0.3 is 0 Å². The monoisotopic (exact) mass is 319 g/mol. The smallest absolute Gasteiger partial charge is 0.244 e. The van der Waals surface area contributed by atoms with E-state index in [4.69, 9.17) is 5.73 Å². The summed E-state index contributed by atoms with van der Waals surface area (Å²) in [6.45, 7) is 1.97. The Balaban J connectivity index is 2.29. The zero-order valence-electron chi connectivity index (χ0n) is 10.4. The van der Waals surface area contributed by atoms with Crippen molar-refractivity contribution in [1.29, 1.82) is 0 Å². The van der Waals surface area contributed by atoms with Crippen LogP contribution in [-0.2, 0) is 4.79 Å². The van der Waals surface area contributed by atoms with Gasteiger partial charge in [-0.05, 0) is 34.5 Å². The lowest BCUT2D eigenvalue weighted by Gasteiger charge is -2.17. The number of carbonyl (C=O) groups is 1. The van der Waals surface area contributed by atoms with Gasteiger partial charge in [0.15, 0.2) is 0 Å². The molecule has 2 rings (SSSR count). The summed E-state index contributed by atoms with van der Waals surface area (Å²) in [7, 11) is 0. The molecule has 0 aliphatic heterocycles. The number of rotatable bonds is 4. The number of hydrogen-bond donors (Lipinski definition) is 2. The van der Waals surface area contributed by atoms with E-state index in [1.54, 1.807) is 12.4 Å². The zero-order valence-corrected chi connectivity index (χ0v) is 12.0. The predicted molar refractivity (Wildman–Crippen MR) is 78.7 cm³/mol. The summed E-state index contributed by atoms with van der Waals surface area (Å²) in [6, 6.07) is 8.97. The van der Waals surface area contributed by atoms with E-state index in [1.807, 2.05) is 37.3 Å². The molecule has 2 aromatic rings. The number of nitrogens with zero attached hydrogens (tertiary/aromatic N) is 1. The van der Waals surface area contributed by atoms with Crippen molar-refractivity contribution in [3.05, 3.63) is 58.3 Å². The predicted octanol–water partition coefficient (Wildman–Crippen LogP) is 2.79. The minimum absolute atomic E-state index is 0.425. The highest BCUT2D eigenvalue weighted by atomic mass is 79.9. The van der Waals surface area contributed by atoms with Crippen molar-refractivity contribution in [3.63, 3.8) is 0 Å². The van der Waals surface area contributed by atoms with Crippen molar-refractivity contribution in [2.75, 3.05) is 5.32 Å². The van der Waals surface area contributed by atoms with Gasteiger partial charge in [-0.3, -0.25) is 9.78 Å². The normalized spacial score (nSPS) is 11.9. The number of halogens is 1. The number of aromatic nitrogens is 1. The topological polar surface area (TPSA) is 68.0 Å². The highest BCUT2D eigenvalue weighted by molar-refractivity contribution is 9.10. The molecule has 1 amide bonds. The van der Waals surface area contributed by atoms with E-state index >= 15 is 0 Å². The molecule has 4 nitrogen and oxygen atoms in total. The third-order valence-electron chi connectivity index (χ3n) is 2.68. The van der Waals surface area contributed by atoms with Gasteiger partial charge in [0.2, 0.25) is 5.91 Å². The van der Waals surface area contributed by atoms with E-state index in [0.717, 1.165) is 21.3 Å². The molecule has 1 aromatic heterocycles. The Bertz CT molecular complexity index is 601. The zero-order chi connectivity index (χ0) is 13.8. The first-order valence-corrected chi connectivity index (χ1v) is 6.58. The first-order chi connectivity index (χ1) is 9.06. The van der Waals surface area contributed by atoms with Crippen LogP contribution in [0.15, 0.2) is 47.2 Å². The molecule has 0 aliphatic carbocycles. The molecule has 0 saturated carbocycles. The molecule has 0 bridgehead atoms. The van der Waals surface area contributed by atoms with Crippen LogP contribution in [0.5, 0.6) is 0 Å². The Kier molecular flexibility index (Phi) is 4.16. The summed E-state index contributed by atoms with van der Waals surface area (Å²) < 4.78 is 0.838. The van der Waals surface area contributed by atoms with Gasteiger partial charge in [0.25, 0.3) is 0 Å². The molecular formula is C14H14BrN3O. The fraction of sp³-hybridized carbons (Fsp3) is 0.143. The van der Waals surface area contributed by atoms with Gasteiger partial charge in [0.05, 0.1) is 11.9 Å². The Morgan fingerprint density at radius 2 is 2.16 bits per heavy atom. The van der Waals surface area contributed by atoms with Crippen LogP contribution < -0.4 is 11.1 Å². The van der Waals surface area contributed by atoms with Crippen LogP contribution in [0.25, 0.3) is 0 Å². The third-order valence-corrected chi connectivity index (χ3v) is 3.11. The molecule has 19 heavy (non-hydrogen) atoms. The van der Waals surface area contributed by atoms with Crippen molar-refractivity contribution in [2.24, 2.45) is 5.73 Å². The second-order valence-electron chi connectivity index (χ2n) is 4.29. The Morgan fingerprint density at radius 1 is 1.37 bits per heavy atom. The van der Waals surface area contributed by atoms with E-state index < -0.39 is 11.9 Å². The molecule has 0 unspecified atom stereocenters. The number of amides is 1. The number of nitrogens with two attached hydrogens (primary N) is 1. The molecule has 1 atom stereocenters. The van der Waals surface area contributed by atoms with Crippen LogP contribution in [0, 0.1) is 6.92 Å². The summed E-state index contributed by atoms with van der Waals surface area (Å²) in [5.41, 5.74) is 8.13. The maximum atomic E-state index is 11.6. The fourth-order valence-electron chi connectivity index (χ4n) is 1.83. The van der Waals surface area contributed by atoms with Gasteiger partial charge < -0.3 is 11.1 Å². The number of hydrogen-bond acceptors (Lipinski definition) is 3. The first-order valence-electron chi connectivity index (χ1n) is 5.79. The Morgan fingerprint density at radius 3 is 2.79 bits per heavy atom. The van der Waals surface area contributed by atoms with Gasteiger partial charge in [-0.2, -0.15) is 0 Å². The summed E-state index contributed by atoms with van der Waals surface area (Å²) in [5.74, 6) is -0.425. The van der Waals surface area contributed by atoms with Crippen molar-refractivity contribution in [1.82, 2.24) is 4.98 Å². The van der Waals surface area contributed by atoms with Gasteiger partial charge in [-0.25, -0.2) is 0 Å². The van der Waals surface area contributed by atoms with Crippen molar-refractivity contribution >= 4 is 27.5 Å². The molecular weight excluding hydrogens is 306 g/mol. The molecule has 98 valence electrons. The number of benzene rings is 1. The number of pyridine rings is 1. The standard InChI is InChI=1S/C14H14BrN3O/c1-9-3-2-4-10(5-9)13(14(16)19)18-12-6-11(15)7-17-8-12/h2-8,13,18H,1H3,(H2,16,19)/t13-/m1/s1. The molecule has 0 aliphatic rings. The van der Waals surface area contributed by atoms with Crippen LogP contribution in [0.2, 0.25) is 0 Å². The number of carbonyl (C=O) groups excluding carboxylic acids is 1. The van der Waals surface area contributed by atoms with Crippen LogP contribution in [-0.4, -0.2) is 10.9 Å². The second kappa shape index (κ2) is 5.84. The number of anilines is 1. The van der Waals surface area contributed by atoms with Crippen LogP contribution in [0.4, 0.5) is 5.69 Å². The fourth-order valence-corrected chi connectivity index (χ4v) is 2.19. The largest absolute Gasteiger partial charge is 0.369 e. The molecule has 0 fully saturated rings. The summed E-state index contributed by atoms with van der Waals surface area (Å²) >= 11 is 3.34. The average Bonchev–Trinajstić information content (AvgIpc) is 2.35. The van der Waals surface area contributed by atoms with Gasteiger partial charge in [0, 0.05) is 10.7 Å². The quantitative estimate of drug-likeness (QED) is 0.910.